The maximum absolute atomic E-state index is 6.55. The first-order valence-corrected chi connectivity index (χ1v) is 10.2. The number of rotatable bonds is 5. The van der Waals surface area contributed by atoms with Gasteiger partial charge in [0, 0.05) is 11.1 Å². The van der Waals surface area contributed by atoms with Crippen LogP contribution < -0.4 is 10.1 Å². The van der Waals surface area contributed by atoms with Gasteiger partial charge >= 0.3 is 0 Å². The van der Waals surface area contributed by atoms with Gasteiger partial charge < -0.3 is 14.5 Å². The Labute approximate surface area is 176 Å². The molecule has 1 aliphatic carbocycles. The van der Waals surface area contributed by atoms with Crippen LogP contribution in [0.15, 0.2) is 83.3 Å². The molecule has 0 amide bonds. The zero-order valence-electron chi connectivity index (χ0n) is 17.2. The molecule has 4 aromatic rings. The summed E-state index contributed by atoms with van der Waals surface area (Å²) < 4.78 is 12.2. The normalized spacial score (nSPS) is 17.7. The largest absolute Gasteiger partial charge is 0.496 e. The molecule has 1 unspecified atom stereocenters. The average Bonchev–Trinajstić information content (AvgIpc) is 3.43. The van der Waals surface area contributed by atoms with Crippen LogP contribution in [0.5, 0.6) is 5.75 Å². The summed E-state index contributed by atoms with van der Waals surface area (Å²) in [5.41, 5.74) is 4.83. The molecule has 4 heteroatoms. The van der Waals surface area contributed by atoms with Gasteiger partial charge in [0.1, 0.15) is 17.0 Å². The molecule has 0 fully saturated rings. The van der Waals surface area contributed by atoms with Crippen LogP contribution in [-0.4, -0.2) is 19.1 Å². The lowest BCUT2D eigenvalue weighted by molar-refractivity contribution is 0.330. The molecule has 0 bridgehead atoms. The van der Waals surface area contributed by atoms with Gasteiger partial charge in [0.25, 0.3) is 0 Å². The van der Waals surface area contributed by atoms with Gasteiger partial charge in [-0.1, -0.05) is 72.8 Å². The highest BCUT2D eigenvalue weighted by molar-refractivity contribution is 5.77. The Morgan fingerprint density at radius 3 is 2.27 bits per heavy atom. The Kier molecular flexibility index (Phi) is 4.64. The Morgan fingerprint density at radius 2 is 1.60 bits per heavy atom. The lowest BCUT2D eigenvalue weighted by atomic mass is 9.91. The molecule has 1 atom stereocenters. The molecular weight excluding hydrogens is 372 g/mol. The standard InChI is InChI=1S/C26H24N2O2/c1-27-26(17-16-20-21(26)14-9-15-22(20)29-2)25-28-23(18-10-5-3-6-11-18)24(30-25)19-12-7-4-8-13-19/h3-15,27H,16-17H2,1-2H3. The fourth-order valence-corrected chi connectivity index (χ4v) is 4.53. The molecule has 1 aromatic heterocycles. The van der Waals surface area contributed by atoms with Crippen molar-refractivity contribution in [2.45, 2.75) is 18.4 Å². The van der Waals surface area contributed by atoms with E-state index in [1.165, 1.54) is 11.1 Å². The number of fused-ring (bicyclic) bond motifs is 1. The third-order valence-electron chi connectivity index (χ3n) is 6.06. The van der Waals surface area contributed by atoms with Crippen LogP contribution in [0.25, 0.3) is 22.6 Å². The number of hydrogen-bond acceptors (Lipinski definition) is 4. The van der Waals surface area contributed by atoms with Crippen molar-refractivity contribution >= 4 is 0 Å². The summed E-state index contributed by atoms with van der Waals surface area (Å²) in [6.07, 6.45) is 1.77. The second kappa shape index (κ2) is 7.47. The molecular formula is C26H24N2O2. The summed E-state index contributed by atoms with van der Waals surface area (Å²) in [6.45, 7) is 0. The number of ether oxygens (including phenoxy) is 1. The number of aromatic nitrogens is 1. The zero-order chi connectivity index (χ0) is 20.6. The molecule has 4 nitrogen and oxygen atoms in total. The highest BCUT2D eigenvalue weighted by Crippen LogP contribution is 2.46. The molecule has 0 saturated heterocycles. The van der Waals surface area contributed by atoms with Gasteiger partial charge in [-0.05, 0) is 37.1 Å². The van der Waals surface area contributed by atoms with Gasteiger partial charge in [-0.3, -0.25) is 0 Å². The quantitative estimate of drug-likeness (QED) is 0.489. The summed E-state index contributed by atoms with van der Waals surface area (Å²) in [4.78, 5) is 5.07. The molecule has 1 heterocycles. The minimum atomic E-state index is -0.486. The van der Waals surface area contributed by atoms with E-state index >= 15 is 0 Å². The van der Waals surface area contributed by atoms with Crippen LogP contribution >= 0.6 is 0 Å². The summed E-state index contributed by atoms with van der Waals surface area (Å²) in [5, 5.41) is 3.53. The van der Waals surface area contributed by atoms with Crippen molar-refractivity contribution in [3.05, 3.63) is 95.9 Å². The molecule has 0 aliphatic heterocycles. The van der Waals surface area contributed by atoms with E-state index in [2.05, 4.69) is 35.6 Å². The monoisotopic (exact) mass is 396 g/mol. The molecule has 0 saturated carbocycles. The van der Waals surface area contributed by atoms with Crippen LogP contribution in [0.1, 0.15) is 23.4 Å². The van der Waals surface area contributed by atoms with Crippen molar-refractivity contribution in [2.75, 3.05) is 14.2 Å². The second-order valence-corrected chi connectivity index (χ2v) is 7.57. The topological polar surface area (TPSA) is 47.3 Å². The Bertz CT molecular complexity index is 1110. The van der Waals surface area contributed by atoms with Gasteiger partial charge in [0.05, 0.1) is 7.11 Å². The number of benzene rings is 3. The SMILES string of the molecule is CNC1(c2nc(-c3ccccc3)c(-c3ccccc3)o2)CCc2c(OC)cccc21. The second-order valence-electron chi connectivity index (χ2n) is 7.57. The highest BCUT2D eigenvalue weighted by atomic mass is 16.5. The number of oxazole rings is 1. The average molecular weight is 396 g/mol. The van der Waals surface area contributed by atoms with Gasteiger partial charge in [-0.2, -0.15) is 0 Å². The highest BCUT2D eigenvalue weighted by Gasteiger charge is 2.45. The van der Waals surface area contributed by atoms with Crippen LogP contribution in [0.2, 0.25) is 0 Å². The van der Waals surface area contributed by atoms with Crippen molar-refractivity contribution in [2.24, 2.45) is 0 Å². The summed E-state index contributed by atoms with van der Waals surface area (Å²) in [6, 6.07) is 26.6. The van der Waals surface area contributed by atoms with E-state index in [0.29, 0.717) is 5.89 Å². The molecule has 0 spiro atoms. The predicted octanol–water partition coefficient (Wildman–Crippen LogP) is 5.43. The third kappa shape index (κ3) is 2.84. The predicted molar refractivity (Wildman–Crippen MR) is 119 cm³/mol. The molecule has 1 N–H and O–H groups in total. The zero-order valence-corrected chi connectivity index (χ0v) is 17.2. The lowest BCUT2D eigenvalue weighted by Gasteiger charge is -2.26. The lowest BCUT2D eigenvalue weighted by Crippen LogP contribution is -2.39. The van der Waals surface area contributed by atoms with E-state index in [9.17, 15) is 0 Å². The summed E-state index contributed by atoms with van der Waals surface area (Å²) in [5.74, 6) is 2.40. The number of nitrogens with zero attached hydrogens (tertiary/aromatic N) is 1. The van der Waals surface area contributed by atoms with E-state index in [-0.39, 0.29) is 0 Å². The van der Waals surface area contributed by atoms with Crippen molar-refractivity contribution in [3.8, 4) is 28.3 Å². The van der Waals surface area contributed by atoms with Crippen molar-refractivity contribution < 1.29 is 9.15 Å². The molecule has 150 valence electrons. The fourth-order valence-electron chi connectivity index (χ4n) is 4.53. The maximum atomic E-state index is 6.55. The first-order valence-electron chi connectivity index (χ1n) is 10.2. The maximum Gasteiger partial charge on any atom is 0.220 e. The van der Waals surface area contributed by atoms with E-state index < -0.39 is 5.54 Å². The minimum absolute atomic E-state index is 0.486. The van der Waals surface area contributed by atoms with E-state index in [4.69, 9.17) is 14.1 Å². The smallest absolute Gasteiger partial charge is 0.220 e. The van der Waals surface area contributed by atoms with Crippen LogP contribution in [0.3, 0.4) is 0 Å². The van der Waals surface area contributed by atoms with Gasteiger partial charge in [0.15, 0.2) is 5.76 Å². The van der Waals surface area contributed by atoms with Crippen LogP contribution in [-0.2, 0) is 12.0 Å². The van der Waals surface area contributed by atoms with Crippen molar-refractivity contribution in [1.29, 1.82) is 0 Å². The molecule has 3 aromatic carbocycles. The van der Waals surface area contributed by atoms with Gasteiger partial charge in [-0.15, -0.1) is 0 Å². The number of hydrogen-bond donors (Lipinski definition) is 1. The molecule has 30 heavy (non-hydrogen) atoms. The fraction of sp³-hybridized carbons (Fsp3) is 0.192. The summed E-state index contributed by atoms with van der Waals surface area (Å²) >= 11 is 0. The van der Waals surface area contributed by atoms with Gasteiger partial charge in [0.2, 0.25) is 5.89 Å². The van der Waals surface area contributed by atoms with Crippen molar-refractivity contribution in [1.82, 2.24) is 10.3 Å². The minimum Gasteiger partial charge on any atom is -0.496 e. The first kappa shape index (κ1) is 18.6. The first-order chi connectivity index (χ1) is 14.8. The molecule has 1 aliphatic rings. The van der Waals surface area contributed by atoms with Crippen molar-refractivity contribution in [3.63, 3.8) is 0 Å². The Balaban J connectivity index is 1.72. The molecule has 5 rings (SSSR count). The van der Waals surface area contributed by atoms with E-state index in [1.54, 1.807) is 7.11 Å². The Hall–Kier alpha value is -3.37. The van der Waals surface area contributed by atoms with E-state index in [0.717, 1.165) is 41.2 Å². The van der Waals surface area contributed by atoms with Crippen LogP contribution in [0.4, 0.5) is 0 Å². The van der Waals surface area contributed by atoms with E-state index in [1.807, 2.05) is 55.6 Å². The summed E-state index contributed by atoms with van der Waals surface area (Å²) in [7, 11) is 3.70. The number of methoxy groups -OCH3 is 1. The Morgan fingerprint density at radius 1 is 0.900 bits per heavy atom. The molecule has 0 radical (unpaired) electrons. The third-order valence-corrected chi connectivity index (χ3v) is 6.06. The van der Waals surface area contributed by atoms with Crippen LogP contribution in [0, 0.1) is 0 Å². The van der Waals surface area contributed by atoms with Gasteiger partial charge in [-0.25, -0.2) is 4.98 Å². The number of nitrogens with one attached hydrogen (secondary N) is 1.